The van der Waals surface area contributed by atoms with E-state index in [2.05, 4.69) is 22.1 Å². The number of aliphatic imine (C=N–C) groups is 1. The Kier molecular flexibility index (Phi) is 8.54. The fourth-order valence-corrected chi connectivity index (χ4v) is 3.10. The first-order valence-electron chi connectivity index (χ1n) is 9.81. The van der Waals surface area contributed by atoms with Crippen molar-refractivity contribution in [3.8, 4) is 11.5 Å². The molecular weight excluding hydrogens is 328 g/mol. The third kappa shape index (κ3) is 6.75. The largest absolute Gasteiger partial charge is 0.494 e. The van der Waals surface area contributed by atoms with Gasteiger partial charge in [-0.05, 0) is 70.8 Å². The average Bonchev–Trinajstić information content (AvgIpc) is 2.63. The van der Waals surface area contributed by atoms with Crippen LogP contribution < -0.4 is 20.5 Å². The van der Waals surface area contributed by atoms with Crippen LogP contribution in [0, 0.1) is 5.92 Å². The first-order valence-corrected chi connectivity index (χ1v) is 9.81. The fourth-order valence-electron chi connectivity index (χ4n) is 3.10. The van der Waals surface area contributed by atoms with Crippen LogP contribution in [0.2, 0.25) is 0 Å². The number of nitrogens with zero attached hydrogens (tertiary/aromatic N) is 2. The van der Waals surface area contributed by atoms with E-state index in [1.54, 1.807) is 0 Å². The molecule has 1 aromatic carbocycles. The highest BCUT2D eigenvalue weighted by Crippen LogP contribution is 2.29. The lowest BCUT2D eigenvalue weighted by atomic mass is 9.99. The molecule has 0 spiro atoms. The molecule has 0 amide bonds. The fraction of sp³-hybridized carbons (Fsp3) is 0.650. The van der Waals surface area contributed by atoms with Crippen LogP contribution in [-0.2, 0) is 0 Å². The van der Waals surface area contributed by atoms with Crippen LogP contribution in [0.15, 0.2) is 23.2 Å². The van der Waals surface area contributed by atoms with Crippen molar-refractivity contribution in [2.24, 2.45) is 16.6 Å². The molecule has 1 fully saturated rings. The van der Waals surface area contributed by atoms with Crippen LogP contribution in [0.5, 0.6) is 11.5 Å². The van der Waals surface area contributed by atoms with Gasteiger partial charge in [-0.1, -0.05) is 6.92 Å². The maximum absolute atomic E-state index is 6.06. The number of benzene rings is 1. The normalized spacial score (nSPS) is 16.5. The van der Waals surface area contributed by atoms with Gasteiger partial charge < -0.3 is 25.4 Å². The van der Waals surface area contributed by atoms with Gasteiger partial charge in [-0.15, -0.1) is 0 Å². The molecule has 26 heavy (non-hydrogen) atoms. The highest BCUT2D eigenvalue weighted by atomic mass is 16.5. The molecular formula is C20H34N4O2. The Hall–Kier alpha value is -1.95. The van der Waals surface area contributed by atoms with Gasteiger partial charge in [0.05, 0.1) is 18.9 Å². The van der Waals surface area contributed by atoms with Crippen molar-refractivity contribution >= 4 is 11.6 Å². The minimum atomic E-state index is 0.409. The van der Waals surface area contributed by atoms with E-state index in [0.29, 0.717) is 19.2 Å². The van der Waals surface area contributed by atoms with Crippen molar-refractivity contribution in [1.82, 2.24) is 4.90 Å². The summed E-state index contributed by atoms with van der Waals surface area (Å²) in [7, 11) is 0. The van der Waals surface area contributed by atoms with Crippen LogP contribution in [0.4, 0.5) is 5.69 Å². The maximum Gasteiger partial charge on any atom is 0.193 e. The van der Waals surface area contributed by atoms with Gasteiger partial charge >= 0.3 is 0 Å². The van der Waals surface area contributed by atoms with Gasteiger partial charge in [0.2, 0.25) is 0 Å². The summed E-state index contributed by atoms with van der Waals surface area (Å²) in [5, 5.41) is 3.15. The Bertz CT molecular complexity index is 569. The van der Waals surface area contributed by atoms with Gasteiger partial charge in [-0.3, -0.25) is 4.99 Å². The molecule has 3 N–H and O–H groups in total. The minimum Gasteiger partial charge on any atom is -0.494 e. The predicted molar refractivity (Wildman–Crippen MR) is 108 cm³/mol. The zero-order valence-corrected chi connectivity index (χ0v) is 16.5. The monoisotopic (exact) mass is 362 g/mol. The molecule has 6 heteroatoms. The summed E-state index contributed by atoms with van der Waals surface area (Å²) in [6.07, 6.45) is 3.64. The summed E-state index contributed by atoms with van der Waals surface area (Å²) in [6.45, 7) is 11.7. The average molecular weight is 363 g/mol. The third-order valence-electron chi connectivity index (χ3n) is 4.62. The van der Waals surface area contributed by atoms with Gasteiger partial charge in [0.25, 0.3) is 0 Å². The standard InChI is InChI=1S/C20H34N4O2/c1-4-25-17-7-8-19(26-5-2)18(15-17)23-20(21)22-11-6-12-24-13-9-16(3)10-14-24/h7-8,15-16H,4-6,9-14H2,1-3H3,(H3,21,22,23). The molecule has 0 unspecified atom stereocenters. The molecule has 0 aromatic heterocycles. The first kappa shape index (κ1) is 20.4. The lowest BCUT2D eigenvalue weighted by Gasteiger charge is -2.29. The summed E-state index contributed by atoms with van der Waals surface area (Å²) < 4.78 is 11.2. The predicted octanol–water partition coefficient (Wildman–Crippen LogP) is 3.33. The summed E-state index contributed by atoms with van der Waals surface area (Å²) in [6, 6.07) is 5.68. The smallest absolute Gasteiger partial charge is 0.193 e. The van der Waals surface area contributed by atoms with E-state index in [1.807, 2.05) is 32.0 Å². The second-order valence-electron chi connectivity index (χ2n) is 6.79. The molecule has 146 valence electrons. The molecule has 1 aliphatic heterocycles. The molecule has 0 bridgehead atoms. The molecule has 6 nitrogen and oxygen atoms in total. The number of ether oxygens (including phenoxy) is 2. The quantitative estimate of drug-likeness (QED) is 0.400. The van der Waals surface area contributed by atoms with Crippen molar-refractivity contribution in [1.29, 1.82) is 0 Å². The molecule has 2 rings (SSSR count). The molecule has 1 aliphatic rings. The van der Waals surface area contributed by atoms with Gasteiger partial charge in [0, 0.05) is 12.6 Å². The Balaban J connectivity index is 1.84. The Morgan fingerprint density at radius 3 is 2.65 bits per heavy atom. The van der Waals surface area contributed by atoms with Crippen molar-refractivity contribution in [3.63, 3.8) is 0 Å². The van der Waals surface area contributed by atoms with Crippen LogP contribution in [-0.4, -0.2) is 50.3 Å². The zero-order valence-electron chi connectivity index (χ0n) is 16.5. The van der Waals surface area contributed by atoms with Gasteiger partial charge in [0.15, 0.2) is 5.96 Å². The number of piperidine rings is 1. The lowest BCUT2D eigenvalue weighted by Crippen LogP contribution is -2.34. The third-order valence-corrected chi connectivity index (χ3v) is 4.62. The molecule has 1 saturated heterocycles. The van der Waals surface area contributed by atoms with E-state index in [-0.39, 0.29) is 0 Å². The molecule has 0 atom stereocenters. The topological polar surface area (TPSA) is 72.1 Å². The summed E-state index contributed by atoms with van der Waals surface area (Å²) >= 11 is 0. The number of nitrogens with two attached hydrogens (primary N) is 1. The van der Waals surface area contributed by atoms with Crippen LogP contribution in [0.3, 0.4) is 0 Å². The number of rotatable bonds is 9. The molecule has 1 heterocycles. The second kappa shape index (κ2) is 10.9. The molecule has 0 radical (unpaired) electrons. The highest BCUT2D eigenvalue weighted by molar-refractivity contribution is 5.94. The molecule has 0 saturated carbocycles. The Morgan fingerprint density at radius 1 is 1.23 bits per heavy atom. The van der Waals surface area contributed by atoms with Gasteiger partial charge in [-0.25, -0.2) is 0 Å². The van der Waals surface area contributed by atoms with Gasteiger partial charge in [0.1, 0.15) is 11.5 Å². The van der Waals surface area contributed by atoms with Crippen molar-refractivity contribution < 1.29 is 9.47 Å². The Labute approximate surface area is 157 Å². The van der Waals surface area contributed by atoms with Crippen molar-refractivity contribution in [2.45, 2.75) is 40.0 Å². The van der Waals surface area contributed by atoms with Crippen LogP contribution >= 0.6 is 0 Å². The summed E-state index contributed by atoms with van der Waals surface area (Å²) in [5.41, 5.74) is 6.84. The number of likely N-dealkylation sites (tertiary alicyclic amines) is 1. The Morgan fingerprint density at radius 2 is 1.96 bits per heavy atom. The zero-order chi connectivity index (χ0) is 18.8. The lowest BCUT2D eigenvalue weighted by molar-refractivity contribution is 0.192. The van der Waals surface area contributed by atoms with Gasteiger partial charge in [-0.2, -0.15) is 0 Å². The molecule has 1 aromatic rings. The summed E-state index contributed by atoms with van der Waals surface area (Å²) in [4.78, 5) is 6.98. The molecule has 0 aliphatic carbocycles. The minimum absolute atomic E-state index is 0.409. The highest BCUT2D eigenvalue weighted by Gasteiger charge is 2.14. The van der Waals surface area contributed by atoms with E-state index in [0.717, 1.165) is 42.6 Å². The second-order valence-corrected chi connectivity index (χ2v) is 6.79. The van der Waals surface area contributed by atoms with Crippen molar-refractivity contribution in [3.05, 3.63) is 18.2 Å². The SMILES string of the molecule is CCOc1ccc(OCC)c(NC(N)=NCCCN2CCC(C)CC2)c1. The first-order chi connectivity index (χ1) is 12.6. The number of anilines is 1. The van der Waals surface area contributed by atoms with E-state index in [4.69, 9.17) is 15.2 Å². The number of guanidine groups is 1. The van der Waals surface area contributed by atoms with Crippen LogP contribution in [0.25, 0.3) is 0 Å². The maximum atomic E-state index is 6.06. The van der Waals surface area contributed by atoms with E-state index in [1.165, 1.54) is 25.9 Å². The van der Waals surface area contributed by atoms with E-state index in [9.17, 15) is 0 Å². The van der Waals surface area contributed by atoms with Crippen molar-refractivity contribution in [2.75, 3.05) is 44.7 Å². The number of hydrogen-bond donors (Lipinski definition) is 2. The summed E-state index contributed by atoms with van der Waals surface area (Å²) in [5.74, 6) is 2.81. The van der Waals surface area contributed by atoms with Crippen LogP contribution in [0.1, 0.15) is 40.0 Å². The number of hydrogen-bond acceptors (Lipinski definition) is 4. The van der Waals surface area contributed by atoms with E-state index >= 15 is 0 Å². The van der Waals surface area contributed by atoms with E-state index < -0.39 is 0 Å². The number of nitrogens with one attached hydrogen (secondary N) is 1.